The standard InChI is InChI=1S/C17H31NO6/c1-17(2,3)10-5-6-12(19)18(8-7-10)9-11-13(20)14(21)15(22)16(23-4)24-11/h10-11,13-16,20-22H,5-9H2,1-4H3/t10-,11-,13-,14+,15+,16+/m1/s1. The van der Waals surface area contributed by atoms with Gasteiger partial charge < -0.3 is 29.7 Å². The van der Waals surface area contributed by atoms with E-state index in [4.69, 9.17) is 9.47 Å². The van der Waals surface area contributed by atoms with E-state index in [-0.39, 0.29) is 17.9 Å². The first kappa shape index (κ1) is 19.6. The van der Waals surface area contributed by atoms with Crippen molar-refractivity contribution in [1.82, 2.24) is 4.90 Å². The first-order valence-electron chi connectivity index (χ1n) is 8.65. The fraction of sp³-hybridized carbons (Fsp3) is 0.941. The van der Waals surface area contributed by atoms with E-state index in [0.29, 0.717) is 18.9 Å². The van der Waals surface area contributed by atoms with Crippen LogP contribution in [-0.4, -0.2) is 77.0 Å². The number of carbonyl (C=O) groups excluding carboxylic acids is 1. The molecule has 24 heavy (non-hydrogen) atoms. The Morgan fingerprint density at radius 2 is 1.83 bits per heavy atom. The molecular weight excluding hydrogens is 314 g/mol. The summed E-state index contributed by atoms with van der Waals surface area (Å²) in [4.78, 5) is 14.1. The smallest absolute Gasteiger partial charge is 0.222 e. The molecule has 2 aliphatic heterocycles. The van der Waals surface area contributed by atoms with Gasteiger partial charge in [0.1, 0.15) is 24.4 Å². The van der Waals surface area contributed by atoms with Crippen LogP contribution in [-0.2, 0) is 14.3 Å². The van der Waals surface area contributed by atoms with Crippen LogP contribution in [0, 0.1) is 11.3 Å². The predicted molar refractivity (Wildman–Crippen MR) is 87.1 cm³/mol. The second-order valence-corrected chi connectivity index (χ2v) is 7.98. The van der Waals surface area contributed by atoms with Crippen molar-refractivity contribution in [3.8, 4) is 0 Å². The maximum absolute atomic E-state index is 12.4. The topological polar surface area (TPSA) is 99.5 Å². The largest absolute Gasteiger partial charge is 0.388 e. The van der Waals surface area contributed by atoms with Gasteiger partial charge in [0.15, 0.2) is 6.29 Å². The molecule has 3 N–H and O–H groups in total. The Hall–Kier alpha value is -0.730. The highest BCUT2D eigenvalue weighted by Crippen LogP contribution is 2.35. The van der Waals surface area contributed by atoms with Gasteiger partial charge in [0.05, 0.1) is 0 Å². The van der Waals surface area contributed by atoms with E-state index in [9.17, 15) is 20.1 Å². The number of aliphatic hydroxyl groups is 3. The van der Waals surface area contributed by atoms with E-state index >= 15 is 0 Å². The molecule has 0 bridgehead atoms. The summed E-state index contributed by atoms with van der Waals surface area (Å²) < 4.78 is 10.5. The van der Waals surface area contributed by atoms with E-state index < -0.39 is 30.7 Å². The molecule has 2 heterocycles. The fourth-order valence-electron chi connectivity index (χ4n) is 3.58. The van der Waals surface area contributed by atoms with Crippen LogP contribution in [0.15, 0.2) is 0 Å². The summed E-state index contributed by atoms with van der Waals surface area (Å²) in [6, 6.07) is 0. The van der Waals surface area contributed by atoms with E-state index in [0.717, 1.165) is 12.8 Å². The van der Waals surface area contributed by atoms with Gasteiger partial charge in [-0.15, -0.1) is 0 Å². The summed E-state index contributed by atoms with van der Waals surface area (Å²) >= 11 is 0. The summed E-state index contributed by atoms with van der Waals surface area (Å²) in [7, 11) is 1.36. The lowest BCUT2D eigenvalue weighted by atomic mass is 9.77. The lowest BCUT2D eigenvalue weighted by Crippen LogP contribution is -2.60. The molecule has 0 saturated carbocycles. The van der Waals surface area contributed by atoms with Crippen molar-refractivity contribution >= 4 is 5.91 Å². The van der Waals surface area contributed by atoms with Crippen molar-refractivity contribution in [2.75, 3.05) is 20.2 Å². The number of carbonyl (C=O) groups is 1. The molecule has 140 valence electrons. The normalized spacial score (nSPS) is 39.0. The third kappa shape index (κ3) is 4.26. The van der Waals surface area contributed by atoms with Crippen LogP contribution in [0.25, 0.3) is 0 Å². The molecule has 7 heteroatoms. The van der Waals surface area contributed by atoms with E-state index in [1.54, 1.807) is 4.90 Å². The Morgan fingerprint density at radius 1 is 1.17 bits per heavy atom. The number of aliphatic hydroxyl groups excluding tert-OH is 3. The quantitative estimate of drug-likeness (QED) is 0.672. The van der Waals surface area contributed by atoms with Gasteiger partial charge in [-0.25, -0.2) is 0 Å². The Kier molecular flexibility index (Phi) is 6.25. The van der Waals surface area contributed by atoms with E-state index in [1.165, 1.54) is 7.11 Å². The van der Waals surface area contributed by atoms with Gasteiger partial charge in [0.2, 0.25) is 5.91 Å². The Balaban J connectivity index is 2.02. The molecule has 0 aromatic rings. The zero-order valence-corrected chi connectivity index (χ0v) is 15.0. The fourth-order valence-corrected chi connectivity index (χ4v) is 3.58. The average molecular weight is 345 g/mol. The lowest BCUT2D eigenvalue weighted by Gasteiger charge is -2.41. The van der Waals surface area contributed by atoms with Crippen molar-refractivity contribution in [2.24, 2.45) is 11.3 Å². The molecule has 2 aliphatic rings. The molecule has 2 fully saturated rings. The molecule has 0 aromatic carbocycles. The minimum atomic E-state index is -1.36. The summed E-state index contributed by atoms with van der Waals surface area (Å²) in [5.41, 5.74) is 0.151. The zero-order valence-electron chi connectivity index (χ0n) is 15.0. The van der Waals surface area contributed by atoms with Crippen molar-refractivity contribution in [2.45, 2.75) is 70.7 Å². The van der Waals surface area contributed by atoms with E-state index in [2.05, 4.69) is 20.8 Å². The number of hydrogen-bond donors (Lipinski definition) is 3. The number of likely N-dealkylation sites (tertiary alicyclic amines) is 1. The first-order chi connectivity index (χ1) is 11.1. The van der Waals surface area contributed by atoms with Gasteiger partial charge in [0.25, 0.3) is 0 Å². The summed E-state index contributed by atoms with van der Waals surface area (Å²) in [6.07, 6.45) is -3.51. The van der Waals surface area contributed by atoms with Crippen LogP contribution in [0.2, 0.25) is 0 Å². The molecule has 7 nitrogen and oxygen atoms in total. The maximum atomic E-state index is 12.4. The number of methoxy groups -OCH3 is 1. The van der Waals surface area contributed by atoms with Gasteiger partial charge in [-0.1, -0.05) is 20.8 Å². The average Bonchev–Trinajstić information content (AvgIpc) is 2.70. The van der Waals surface area contributed by atoms with Crippen LogP contribution in [0.3, 0.4) is 0 Å². The molecule has 0 radical (unpaired) electrons. The Labute approximate surface area is 143 Å². The number of ether oxygens (including phenoxy) is 2. The van der Waals surface area contributed by atoms with Gasteiger partial charge >= 0.3 is 0 Å². The predicted octanol–water partition coefficient (Wildman–Crippen LogP) is 0.115. The third-order valence-electron chi connectivity index (χ3n) is 5.33. The number of hydrogen-bond acceptors (Lipinski definition) is 6. The maximum Gasteiger partial charge on any atom is 0.222 e. The molecule has 0 spiro atoms. The number of nitrogens with zero attached hydrogens (tertiary/aromatic N) is 1. The molecule has 2 rings (SSSR count). The second-order valence-electron chi connectivity index (χ2n) is 7.98. The van der Waals surface area contributed by atoms with Gasteiger partial charge in [-0.3, -0.25) is 4.79 Å². The summed E-state index contributed by atoms with van der Waals surface area (Å²) in [5, 5.41) is 29.9. The third-order valence-corrected chi connectivity index (χ3v) is 5.33. The van der Waals surface area contributed by atoms with Crippen LogP contribution >= 0.6 is 0 Å². The second kappa shape index (κ2) is 7.66. The van der Waals surface area contributed by atoms with Crippen molar-refractivity contribution in [3.05, 3.63) is 0 Å². The molecule has 0 aromatic heterocycles. The number of rotatable bonds is 3. The SMILES string of the molecule is CO[C@H]1O[C@H](CN2CC[C@H](C(C)(C)C)CCC2=O)[C@@H](O)[C@H](O)[C@@H]1O. The van der Waals surface area contributed by atoms with Gasteiger partial charge in [0, 0.05) is 26.6 Å². The van der Waals surface area contributed by atoms with Crippen molar-refractivity contribution in [3.63, 3.8) is 0 Å². The highest BCUT2D eigenvalue weighted by atomic mass is 16.7. The molecule has 0 unspecified atom stereocenters. The van der Waals surface area contributed by atoms with Gasteiger partial charge in [-0.05, 0) is 24.2 Å². The lowest BCUT2D eigenvalue weighted by molar-refractivity contribution is -0.291. The molecule has 2 saturated heterocycles. The van der Waals surface area contributed by atoms with Crippen LogP contribution < -0.4 is 0 Å². The first-order valence-corrected chi connectivity index (χ1v) is 8.65. The monoisotopic (exact) mass is 345 g/mol. The minimum Gasteiger partial charge on any atom is -0.388 e. The molecule has 0 aliphatic carbocycles. The Morgan fingerprint density at radius 3 is 2.42 bits per heavy atom. The molecular formula is C17H31NO6. The highest BCUT2D eigenvalue weighted by molar-refractivity contribution is 5.76. The highest BCUT2D eigenvalue weighted by Gasteiger charge is 2.45. The van der Waals surface area contributed by atoms with Crippen LogP contribution in [0.5, 0.6) is 0 Å². The van der Waals surface area contributed by atoms with E-state index in [1.807, 2.05) is 0 Å². The zero-order chi connectivity index (χ0) is 18.1. The van der Waals surface area contributed by atoms with Gasteiger partial charge in [-0.2, -0.15) is 0 Å². The number of amides is 1. The summed E-state index contributed by atoms with van der Waals surface area (Å²) in [5.74, 6) is 0.495. The van der Waals surface area contributed by atoms with Crippen LogP contribution in [0.1, 0.15) is 40.0 Å². The van der Waals surface area contributed by atoms with Crippen LogP contribution in [0.4, 0.5) is 0 Å². The molecule has 1 amide bonds. The minimum absolute atomic E-state index is 0.0344. The summed E-state index contributed by atoms with van der Waals surface area (Å²) in [6.45, 7) is 7.34. The molecule has 6 atom stereocenters. The van der Waals surface area contributed by atoms with Crippen molar-refractivity contribution < 1.29 is 29.6 Å². The van der Waals surface area contributed by atoms with Crippen molar-refractivity contribution in [1.29, 1.82) is 0 Å². The Bertz CT molecular complexity index is 435.